The topological polar surface area (TPSA) is 85.5 Å². The summed E-state index contributed by atoms with van der Waals surface area (Å²) in [5, 5.41) is 2.57. The summed E-state index contributed by atoms with van der Waals surface area (Å²) in [4.78, 5) is 28.0. The van der Waals surface area contributed by atoms with Gasteiger partial charge in [-0.1, -0.05) is 60.7 Å². The molecule has 3 aromatic rings. The van der Waals surface area contributed by atoms with Crippen LogP contribution in [-0.4, -0.2) is 43.6 Å². The van der Waals surface area contributed by atoms with Gasteiger partial charge >= 0.3 is 5.97 Å². The lowest BCUT2D eigenvalue weighted by Crippen LogP contribution is -2.69. The van der Waals surface area contributed by atoms with Crippen molar-refractivity contribution in [3.63, 3.8) is 0 Å². The van der Waals surface area contributed by atoms with Gasteiger partial charge in [-0.15, -0.1) is 23.5 Å². The van der Waals surface area contributed by atoms with Gasteiger partial charge in [-0.25, -0.2) is 4.79 Å². The Hall–Kier alpha value is -2.59. The molecule has 2 aliphatic heterocycles. The molecule has 2 aliphatic rings. The Morgan fingerprint density at radius 2 is 1.76 bits per heavy atom. The number of fused-ring (bicyclic) bond motifs is 1. The summed E-state index contributed by atoms with van der Waals surface area (Å²) in [7, 11) is 0. The Kier molecular flexibility index (Phi) is 6.78. The first-order valence-corrected chi connectivity index (χ1v) is 13.6. The molecule has 2 N–H and O–H groups in total. The number of hydrogen-bond acceptors (Lipinski definition) is 8. The predicted octanol–water partition coefficient (Wildman–Crippen LogP) is 4.45. The maximum atomic E-state index is 13.8. The van der Waals surface area contributed by atoms with E-state index < -0.39 is 18.1 Å². The van der Waals surface area contributed by atoms with Crippen LogP contribution in [0.25, 0.3) is 0 Å². The van der Waals surface area contributed by atoms with Crippen LogP contribution in [0.5, 0.6) is 0 Å². The highest BCUT2D eigenvalue weighted by molar-refractivity contribution is 8.01. The van der Waals surface area contributed by atoms with Crippen LogP contribution in [0.15, 0.2) is 88.4 Å². The summed E-state index contributed by atoms with van der Waals surface area (Å²) < 4.78 is 10.5. The molecule has 9 heteroatoms. The van der Waals surface area contributed by atoms with Gasteiger partial charge in [0.2, 0.25) is 5.91 Å². The fraction of sp³-hybridized carbons (Fsp3) is 0.240. The van der Waals surface area contributed by atoms with Gasteiger partial charge in [0.05, 0.1) is 0 Å². The highest BCUT2D eigenvalue weighted by atomic mass is 32.2. The Morgan fingerprint density at radius 3 is 2.35 bits per heavy atom. The van der Waals surface area contributed by atoms with Gasteiger partial charge in [-0.3, -0.25) is 9.69 Å². The number of rotatable bonds is 7. The average Bonchev–Trinajstić information content (AvgIpc) is 3.40. The number of nitrogens with zero attached hydrogens (tertiary/aromatic N) is 2. The molecule has 1 saturated heterocycles. The highest BCUT2D eigenvalue weighted by Crippen LogP contribution is 2.45. The summed E-state index contributed by atoms with van der Waals surface area (Å²) in [6, 6.07) is 20.6. The standard InChI is InChI=1S/C25H23N3O3S3/c1-15-18(14-32-19-12-13-33-27-19)21(28-23(29)20(26)24(28)34-15)25(30)31-22(16-8-4-2-5-9-16)17-10-6-3-7-11-17/h2-13,15,20,22,24H,14,26H2,1H3/t15?,20?,24-/m0/s1. The van der Waals surface area contributed by atoms with Gasteiger partial charge in [0.15, 0.2) is 6.10 Å². The van der Waals surface area contributed by atoms with Crippen molar-refractivity contribution in [1.29, 1.82) is 0 Å². The molecule has 5 rings (SSSR count). The van der Waals surface area contributed by atoms with E-state index in [-0.39, 0.29) is 16.5 Å². The van der Waals surface area contributed by atoms with Crippen LogP contribution in [0.2, 0.25) is 0 Å². The first-order valence-electron chi connectivity index (χ1n) is 10.9. The number of carbonyl (C=O) groups is 2. The lowest BCUT2D eigenvalue weighted by molar-refractivity contribution is -0.153. The third-order valence-electron chi connectivity index (χ3n) is 5.88. The molecule has 0 spiro atoms. The minimum absolute atomic E-state index is 0.0148. The third kappa shape index (κ3) is 4.40. The number of carbonyl (C=O) groups excluding carboxylic acids is 2. The van der Waals surface area contributed by atoms with Crippen LogP contribution in [-0.2, 0) is 14.3 Å². The predicted molar refractivity (Wildman–Crippen MR) is 136 cm³/mol. The number of aromatic nitrogens is 1. The molecule has 1 aromatic heterocycles. The molecule has 0 bridgehead atoms. The van der Waals surface area contributed by atoms with Crippen LogP contribution in [0.1, 0.15) is 24.2 Å². The molecule has 0 radical (unpaired) electrons. The Bertz CT molecular complexity index is 1160. The monoisotopic (exact) mass is 509 g/mol. The van der Waals surface area contributed by atoms with Gasteiger partial charge < -0.3 is 10.5 Å². The van der Waals surface area contributed by atoms with E-state index in [0.29, 0.717) is 11.4 Å². The van der Waals surface area contributed by atoms with Crippen LogP contribution >= 0.6 is 35.1 Å². The van der Waals surface area contributed by atoms with Crippen molar-refractivity contribution in [2.45, 2.75) is 34.7 Å². The molecule has 3 atom stereocenters. The number of β-lactam (4-membered cyclic amide) rings is 1. The number of esters is 1. The summed E-state index contributed by atoms with van der Waals surface area (Å²) in [5.41, 5.74) is 8.99. The molecule has 0 saturated carbocycles. The summed E-state index contributed by atoms with van der Waals surface area (Å²) in [6.07, 6.45) is -0.594. The molecular weight excluding hydrogens is 486 g/mol. The summed E-state index contributed by atoms with van der Waals surface area (Å²) in [6.45, 7) is 2.05. The molecule has 34 heavy (non-hydrogen) atoms. The van der Waals surface area contributed by atoms with Crippen LogP contribution in [0.4, 0.5) is 0 Å². The first kappa shape index (κ1) is 23.2. The lowest BCUT2D eigenvalue weighted by atomic mass is 10.0. The lowest BCUT2D eigenvalue weighted by Gasteiger charge is -2.50. The zero-order valence-corrected chi connectivity index (χ0v) is 20.8. The Morgan fingerprint density at radius 1 is 1.12 bits per heavy atom. The van der Waals surface area contributed by atoms with E-state index in [1.165, 1.54) is 16.4 Å². The molecular formula is C25H23N3O3S3. The maximum Gasteiger partial charge on any atom is 0.356 e. The van der Waals surface area contributed by atoms with Crippen molar-refractivity contribution in [1.82, 2.24) is 9.27 Å². The third-order valence-corrected chi connectivity index (χ3v) is 9.01. The average molecular weight is 510 g/mol. The Labute approximate surface area is 210 Å². The van der Waals surface area contributed by atoms with E-state index in [9.17, 15) is 9.59 Å². The quantitative estimate of drug-likeness (QED) is 0.286. The fourth-order valence-electron chi connectivity index (χ4n) is 4.10. The van der Waals surface area contributed by atoms with Crippen molar-refractivity contribution in [3.8, 4) is 0 Å². The molecule has 2 aromatic carbocycles. The number of hydrogen-bond donors (Lipinski definition) is 1. The van der Waals surface area contributed by atoms with E-state index in [4.69, 9.17) is 10.5 Å². The maximum absolute atomic E-state index is 13.8. The number of nitrogens with two attached hydrogens (primary N) is 1. The molecule has 3 heterocycles. The zero-order valence-electron chi connectivity index (χ0n) is 18.4. The zero-order chi connectivity index (χ0) is 23.7. The smallest absolute Gasteiger partial charge is 0.356 e. The number of amides is 1. The largest absolute Gasteiger partial charge is 0.448 e. The minimum atomic E-state index is -0.609. The van der Waals surface area contributed by atoms with Crippen molar-refractivity contribution < 1.29 is 14.3 Å². The second kappa shape index (κ2) is 9.95. The van der Waals surface area contributed by atoms with E-state index in [0.717, 1.165) is 21.7 Å². The number of benzene rings is 2. The molecule has 174 valence electrons. The number of thioether (sulfide) groups is 2. The Balaban J connectivity index is 1.50. The van der Waals surface area contributed by atoms with Gasteiger partial charge in [0.1, 0.15) is 22.1 Å². The number of ether oxygens (including phenoxy) is 1. The summed E-state index contributed by atoms with van der Waals surface area (Å²) in [5.74, 6) is -0.220. The SMILES string of the molecule is CC1S[C@H]2C(N)C(=O)N2C(C(=O)OC(c2ccccc2)c2ccccc2)=C1CSc1ccsn1. The van der Waals surface area contributed by atoms with Crippen molar-refractivity contribution in [2.75, 3.05) is 5.75 Å². The van der Waals surface area contributed by atoms with Crippen LogP contribution in [0.3, 0.4) is 0 Å². The van der Waals surface area contributed by atoms with Gasteiger partial charge in [-0.2, -0.15) is 4.37 Å². The highest BCUT2D eigenvalue weighted by Gasteiger charge is 2.53. The van der Waals surface area contributed by atoms with Crippen molar-refractivity contribution >= 4 is 46.9 Å². The van der Waals surface area contributed by atoms with Crippen molar-refractivity contribution in [2.24, 2.45) is 5.73 Å². The second-order valence-corrected chi connectivity index (χ2v) is 11.1. The van der Waals surface area contributed by atoms with E-state index >= 15 is 0 Å². The second-order valence-electron chi connectivity index (χ2n) is 8.01. The minimum Gasteiger partial charge on any atom is -0.448 e. The van der Waals surface area contributed by atoms with Gasteiger partial charge in [-0.05, 0) is 41.2 Å². The van der Waals surface area contributed by atoms with Gasteiger partial charge in [0, 0.05) is 16.4 Å². The van der Waals surface area contributed by atoms with Crippen LogP contribution < -0.4 is 5.73 Å². The molecule has 2 unspecified atom stereocenters. The van der Waals surface area contributed by atoms with Crippen LogP contribution in [0, 0.1) is 0 Å². The normalized spacial score (nSPS) is 21.9. The van der Waals surface area contributed by atoms with Gasteiger partial charge in [0.25, 0.3) is 0 Å². The molecule has 1 fully saturated rings. The molecule has 0 aliphatic carbocycles. The van der Waals surface area contributed by atoms with Crippen molar-refractivity contribution in [3.05, 3.63) is 94.5 Å². The van der Waals surface area contributed by atoms with E-state index in [1.54, 1.807) is 23.5 Å². The first-order chi connectivity index (χ1) is 16.5. The van der Waals surface area contributed by atoms with E-state index in [1.807, 2.05) is 79.0 Å². The molecule has 1 amide bonds. The molecule has 6 nitrogen and oxygen atoms in total. The van der Waals surface area contributed by atoms with E-state index in [2.05, 4.69) is 4.37 Å². The fourth-order valence-corrected chi connectivity index (χ4v) is 7.29. The summed E-state index contributed by atoms with van der Waals surface area (Å²) >= 11 is 4.55.